The van der Waals surface area contributed by atoms with Crippen molar-refractivity contribution in [2.75, 3.05) is 39.3 Å². The quantitative estimate of drug-likeness (QED) is 0.586. The predicted octanol–water partition coefficient (Wildman–Crippen LogP) is 0.552. The molecule has 0 unspecified atom stereocenters. The van der Waals surface area contributed by atoms with Crippen molar-refractivity contribution in [1.82, 2.24) is 4.90 Å². The number of esters is 1. The van der Waals surface area contributed by atoms with Gasteiger partial charge in [0.15, 0.2) is 23.1 Å². The summed E-state index contributed by atoms with van der Waals surface area (Å²) in [6, 6.07) is 3.40. The predicted molar refractivity (Wildman–Crippen MR) is 122 cm³/mol. The monoisotopic (exact) mass is 502 g/mol. The largest absolute Gasteiger partial charge is 0.493 e. The molecule has 1 N–H and O–H groups in total. The Morgan fingerprint density at radius 2 is 1.97 bits per heavy atom. The first-order valence-electron chi connectivity index (χ1n) is 12.1. The normalized spacial score (nSPS) is 40.7. The standard InChI is InChI=1S/C25H30N2O9/c1-12(28)35-25-20-13-8-10-26(3)11-9-24(25,19(29)16(13)23(2,31)36-20)14-6-7-15(32-4)18-17(14)27(25)21(30)22(33-5)34-18/h6-7,13,16,20,22,31H,8-11H2,1-5H3/t13-,16+,20+,22-,23+,24-,25-/m0/s1. The number of benzene rings is 1. The van der Waals surface area contributed by atoms with Gasteiger partial charge in [-0.25, -0.2) is 0 Å². The average Bonchev–Trinajstić information content (AvgIpc) is 3.25. The number of aliphatic hydroxyl groups is 1. The molecular weight excluding hydrogens is 472 g/mol. The first-order chi connectivity index (χ1) is 17.0. The van der Waals surface area contributed by atoms with Gasteiger partial charge in [-0.3, -0.25) is 19.3 Å². The molecule has 1 aromatic carbocycles. The number of amides is 1. The van der Waals surface area contributed by atoms with Crippen LogP contribution in [0.2, 0.25) is 0 Å². The fourth-order valence-corrected chi connectivity index (χ4v) is 7.38. The minimum atomic E-state index is -1.89. The molecule has 2 saturated heterocycles. The molecule has 6 rings (SSSR count). The maximum atomic E-state index is 14.8. The van der Waals surface area contributed by atoms with E-state index in [9.17, 15) is 19.5 Å². The molecule has 194 valence electrons. The number of methoxy groups -OCH3 is 2. The molecule has 3 fully saturated rings. The van der Waals surface area contributed by atoms with E-state index in [1.54, 1.807) is 12.1 Å². The molecule has 1 saturated carbocycles. The summed E-state index contributed by atoms with van der Waals surface area (Å²) in [6.07, 6.45) is -1.61. The number of rotatable bonds is 3. The third kappa shape index (κ3) is 2.54. The number of fused-ring (bicyclic) bond motifs is 2. The maximum absolute atomic E-state index is 14.8. The highest BCUT2D eigenvalue weighted by Crippen LogP contribution is 2.70. The minimum absolute atomic E-state index is 0.221. The molecule has 1 aromatic rings. The lowest BCUT2D eigenvalue weighted by molar-refractivity contribution is -0.233. The molecule has 4 aliphatic heterocycles. The van der Waals surface area contributed by atoms with Crippen molar-refractivity contribution < 1.29 is 43.2 Å². The SMILES string of the molecule is COc1ccc2c3c1O[C@H](OC)C(=O)N3[C@]1(OC(C)=O)[C@@H]3O[C@@](C)(O)[C@H]4C(=O)[C@]21CCN(C)CC[C@H]34. The lowest BCUT2D eigenvalue weighted by atomic mass is 9.55. The van der Waals surface area contributed by atoms with Gasteiger partial charge in [0.05, 0.1) is 18.7 Å². The third-order valence-corrected chi connectivity index (χ3v) is 8.66. The van der Waals surface area contributed by atoms with E-state index in [-0.39, 0.29) is 18.0 Å². The van der Waals surface area contributed by atoms with Crippen LogP contribution in [0.3, 0.4) is 0 Å². The van der Waals surface area contributed by atoms with Gasteiger partial charge < -0.3 is 33.7 Å². The lowest BCUT2D eigenvalue weighted by Crippen LogP contribution is -2.76. The first-order valence-corrected chi connectivity index (χ1v) is 12.1. The Hall–Kier alpha value is -2.73. The van der Waals surface area contributed by atoms with E-state index in [2.05, 4.69) is 4.90 Å². The summed E-state index contributed by atoms with van der Waals surface area (Å²) in [7, 11) is 4.76. The minimum Gasteiger partial charge on any atom is -0.493 e. The molecule has 11 heteroatoms. The smallest absolute Gasteiger partial charge is 0.304 e. The van der Waals surface area contributed by atoms with Crippen molar-refractivity contribution in [2.45, 2.75) is 56.0 Å². The van der Waals surface area contributed by atoms with Crippen molar-refractivity contribution in [2.24, 2.45) is 11.8 Å². The third-order valence-electron chi connectivity index (χ3n) is 8.66. The highest BCUT2D eigenvalue weighted by molar-refractivity contribution is 6.11. The van der Waals surface area contributed by atoms with Gasteiger partial charge in [-0.15, -0.1) is 0 Å². The van der Waals surface area contributed by atoms with Crippen LogP contribution in [0.25, 0.3) is 0 Å². The number of nitrogens with zero attached hydrogens (tertiary/aromatic N) is 2. The zero-order valence-corrected chi connectivity index (χ0v) is 20.9. The summed E-state index contributed by atoms with van der Waals surface area (Å²) in [6.45, 7) is 3.85. The lowest BCUT2D eigenvalue weighted by Gasteiger charge is -2.54. The molecule has 1 spiro atoms. The number of carbonyl (C=O) groups excluding carboxylic acids is 3. The molecule has 1 amide bonds. The van der Waals surface area contributed by atoms with E-state index in [1.165, 1.54) is 33.0 Å². The fraction of sp³-hybridized carbons (Fsp3) is 0.640. The van der Waals surface area contributed by atoms with Crippen LogP contribution < -0.4 is 14.4 Å². The van der Waals surface area contributed by atoms with Gasteiger partial charge in [-0.1, -0.05) is 6.07 Å². The van der Waals surface area contributed by atoms with Gasteiger partial charge in [-0.2, -0.15) is 0 Å². The van der Waals surface area contributed by atoms with E-state index >= 15 is 0 Å². The molecule has 0 aromatic heterocycles. The fourth-order valence-electron chi connectivity index (χ4n) is 7.38. The summed E-state index contributed by atoms with van der Waals surface area (Å²) in [4.78, 5) is 45.0. The van der Waals surface area contributed by atoms with Crippen LogP contribution in [0.1, 0.15) is 32.3 Å². The zero-order valence-electron chi connectivity index (χ0n) is 20.9. The Morgan fingerprint density at radius 3 is 2.64 bits per heavy atom. The Kier molecular flexibility index (Phi) is 4.87. The summed E-state index contributed by atoms with van der Waals surface area (Å²) in [5.74, 6) is -4.23. The number of carbonyl (C=O) groups is 3. The van der Waals surface area contributed by atoms with Gasteiger partial charge in [0.2, 0.25) is 5.72 Å². The molecule has 4 heterocycles. The van der Waals surface area contributed by atoms with E-state index < -0.39 is 53.0 Å². The van der Waals surface area contributed by atoms with E-state index in [1.807, 2.05) is 7.05 Å². The van der Waals surface area contributed by atoms with Crippen LogP contribution in [0.15, 0.2) is 12.1 Å². The summed E-state index contributed by atoms with van der Waals surface area (Å²) in [5.41, 5.74) is -2.61. The topological polar surface area (TPSA) is 124 Å². The maximum Gasteiger partial charge on any atom is 0.304 e. The Morgan fingerprint density at radius 1 is 1.22 bits per heavy atom. The van der Waals surface area contributed by atoms with Crippen LogP contribution in [-0.2, 0) is 34.0 Å². The van der Waals surface area contributed by atoms with Gasteiger partial charge in [0.1, 0.15) is 11.5 Å². The summed E-state index contributed by atoms with van der Waals surface area (Å²) >= 11 is 0. The highest BCUT2D eigenvalue weighted by atomic mass is 16.7. The van der Waals surface area contributed by atoms with Crippen molar-refractivity contribution in [3.05, 3.63) is 17.7 Å². The molecule has 11 nitrogen and oxygen atoms in total. The second kappa shape index (κ2) is 7.41. The van der Waals surface area contributed by atoms with Crippen molar-refractivity contribution >= 4 is 23.3 Å². The highest BCUT2D eigenvalue weighted by Gasteiger charge is 2.84. The molecule has 0 radical (unpaired) electrons. The second-order valence-corrected chi connectivity index (χ2v) is 10.5. The Labute approximate surface area is 208 Å². The number of ketones is 1. The van der Waals surface area contributed by atoms with E-state index in [4.69, 9.17) is 23.7 Å². The van der Waals surface area contributed by atoms with Gasteiger partial charge in [0, 0.05) is 20.0 Å². The molecule has 5 aliphatic rings. The van der Waals surface area contributed by atoms with Gasteiger partial charge in [0.25, 0.3) is 12.2 Å². The zero-order chi connectivity index (χ0) is 25.8. The molecule has 1 aliphatic carbocycles. The molecule has 7 atom stereocenters. The van der Waals surface area contributed by atoms with Gasteiger partial charge >= 0.3 is 5.97 Å². The van der Waals surface area contributed by atoms with E-state index in [0.717, 1.165) is 0 Å². The van der Waals surface area contributed by atoms with Crippen LogP contribution >= 0.6 is 0 Å². The molecule has 36 heavy (non-hydrogen) atoms. The van der Waals surface area contributed by atoms with Crippen LogP contribution in [0, 0.1) is 11.8 Å². The number of anilines is 1. The Bertz CT molecular complexity index is 1180. The first kappa shape index (κ1) is 23.7. The molecule has 4 bridgehead atoms. The second-order valence-electron chi connectivity index (χ2n) is 10.5. The summed E-state index contributed by atoms with van der Waals surface area (Å²) < 4.78 is 29.3. The number of hydrogen-bond acceptors (Lipinski definition) is 10. The number of Topliss-reactive ketones (excluding diaryl/α,β-unsaturated/α-hetero) is 1. The van der Waals surface area contributed by atoms with Crippen molar-refractivity contribution in [1.29, 1.82) is 0 Å². The summed E-state index contributed by atoms with van der Waals surface area (Å²) in [5, 5.41) is 11.4. The van der Waals surface area contributed by atoms with Crippen LogP contribution in [0.4, 0.5) is 5.69 Å². The van der Waals surface area contributed by atoms with Crippen molar-refractivity contribution in [3.63, 3.8) is 0 Å². The van der Waals surface area contributed by atoms with Gasteiger partial charge in [-0.05, 0) is 51.5 Å². The van der Waals surface area contributed by atoms with Crippen LogP contribution in [-0.4, -0.2) is 85.9 Å². The van der Waals surface area contributed by atoms with Crippen LogP contribution in [0.5, 0.6) is 11.5 Å². The number of hydrogen-bond donors (Lipinski definition) is 1. The van der Waals surface area contributed by atoms with E-state index in [0.29, 0.717) is 36.5 Å². The average molecular weight is 503 g/mol. The molecular formula is C25H30N2O9. The Balaban J connectivity index is 1.76. The number of ether oxygens (including phenoxy) is 5. The van der Waals surface area contributed by atoms with Crippen molar-refractivity contribution in [3.8, 4) is 11.5 Å².